The molecule has 0 aliphatic carbocycles. The van der Waals surface area contributed by atoms with Gasteiger partial charge in [0, 0.05) is 19.5 Å². The first-order chi connectivity index (χ1) is 11.2. The molecule has 6 heteroatoms. The molecule has 2 atom stereocenters. The molecule has 0 radical (unpaired) electrons. The van der Waals surface area contributed by atoms with Crippen LogP contribution in [0.3, 0.4) is 0 Å². The average Bonchev–Trinajstić information content (AvgIpc) is 2.91. The fraction of sp³-hybridized carbons (Fsp3) is 0.556. The number of alkyl carbamates (subject to hydrolysis) is 1. The SMILES string of the molecule is CC(C)(C)OC(=O)NC(Cc1ccccc1)C(=O)N1CCC(O)C1. The van der Waals surface area contributed by atoms with E-state index in [0.29, 0.717) is 25.9 Å². The Hall–Kier alpha value is -2.08. The molecule has 2 rings (SSSR count). The molecule has 1 aliphatic rings. The summed E-state index contributed by atoms with van der Waals surface area (Å²) in [6, 6.07) is 8.80. The molecule has 0 spiro atoms. The molecule has 1 aromatic carbocycles. The van der Waals surface area contributed by atoms with Gasteiger partial charge >= 0.3 is 6.09 Å². The second kappa shape index (κ2) is 7.66. The van der Waals surface area contributed by atoms with Crippen molar-refractivity contribution >= 4 is 12.0 Å². The Kier molecular flexibility index (Phi) is 5.83. The Morgan fingerprint density at radius 2 is 2.00 bits per heavy atom. The lowest BCUT2D eigenvalue weighted by Crippen LogP contribution is -2.50. The van der Waals surface area contributed by atoms with Crippen LogP contribution in [-0.2, 0) is 16.0 Å². The minimum Gasteiger partial charge on any atom is -0.444 e. The number of likely N-dealkylation sites (tertiary alicyclic amines) is 1. The molecule has 1 fully saturated rings. The lowest BCUT2D eigenvalue weighted by Gasteiger charge is -2.26. The number of benzene rings is 1. The van der Waals surface area contributed by atoms with Crippen LogP contribution in [-0.4, -0.2) is 52.8 Å². The van der Waals surface area contributed by atoms with Gasteiger partial charge in [-0.2, -0.15) is 0 Å². The third-order valence-corrected chi connectivity index (χ3v) is 3.75. The summed E-state index contributed by atoms with van der Waals surface area (Å²) in [6.45, 7) is 6.13. The van der Waals surface area contributed by atoms with Crippen LogP contribution in [0.4, 0.5) is 4.79 Å². The maximum Gasteiger partial charge on any atom is 0.408 e. The maximum atomic E-state index is 12.7. The van der Waals surface area contributed by atoms with E-state index in [0.717, 1.165) is 5.56 Å². The summed E-state index contributed by atoms with van der Waals surface area (Å²) in [5.74, 6) is -0.193. The van der Waals surface area contributed by atoms with Crippen LogP contribution in [0, 0.1) is 0 Å². The van der Waals surface area contributed by atoms with Gasteiger partial charge in [0.15, 0.2) is 0 Å². The number of aliphatic hydroxyl groups excluding tert-OH is 1. The number of hydrogen-bond donors (Lipinski definition) is 2. The lowest BCUT2D eigenvalue weighted by molar-refractivity contribution is -0.132. The molecule has 2 unspecified atom stereocenters. The Balaban J connectivity index is 2.08. The summed E-state index contributed by atoms with van der Waals surface area (Å²) in [5, 5.41) is 12.3. The summed E-state index contributed by atoms with van der Waals surface area (Å²) < 4.78 is 5.27. The van der Waals surface area contributed by atoms with E-state index in [1.807, 2.05) is 30.3 Å². The number of β-amino-alcohol motifs (C(OH)–C–C–N with tert-alkyl or cyclic N) is 1. The van der Waals surface area contributed by atoms with Gasteiger partial charge in [0.1, 0.15) is 11.6 Å². The quantitative estimate of drug-likeness (QED) is 0.879. The Bertz CT molecular complexity index is 568. The molecule has 1 saturated heterocycles. The van der Waals surface area contributed by atoms with E-state index in [9.17, 15) is 14.7 Å². The Labute approximate surface area is 142 Å². The van der Waals surface area contributed by atoms with E-state index in [1.165, 1.54) is 0 Å². The number of rotatable bonds is 4. The minimum absolute atomic E-state index is 0.193. The molecule has 2 amide bonds. The molecule has 6 nitrogen and oxygen atoms in total. The normalized spacial score (nSPS) is 19.0. The van der Waals surface area contributed by atoms with Crippen LogP contribution in [0.25, 0.3) is 0 Å². The standard InChI is InChI=1S/C18H26N2O4/c1-18(2,3)24-17(23)19-15(11-13-7-5-4-6-8-13)16(22)20-10-9-14(21)12-20/h4-8,14-15,21H,9-12H2,1-3H3,(H,19,23). The van der Waals surface area contributed by atoms with Crippen LogP contribution in [0.5, 0.6) is 0 Å². The number of ether oxygens (including phenoxy) is 1. The largest absolute Gasteiger partial charge is 0.444 e. The maximum absolute atomic E-state index is 12.7. The summed E-state index contributed by atoms with van der Waals surface area (Å²) in [6.07, 6.45) is -0.161. The zero-order chi connectivity index (χ0) is 17.7. The van der Waals surface area contributed by atoms with Crippen molar-refractivity contribution in [2.24, 2.45) is 0 Å². The molecule has 1 aliphatic heterocycles. The number of aliphatic hydroxyl groups is 1. The van der Waals surface area contributed by atoms with Crippen LogP contribution in [0.15, 0.2) is 30.3 Å². The van der Waals surface area contributed by atoms with Crippen LogP contribution >= 0.6 is 0 Å². The number of carbonyl (C=O) groups excluding carboxylic acids is 2. The van der Waals surface area contributed by atoms with Crippen molar-refractivity contribution in [2.45, 2.75) is 51.4 Å². The second-order valence-electron chi connectivity index (χ2n) is 7.12. The van der Waals surface area contributed by atoms with Gasteiger partial charge in [-0.3, -0.25) is 4.79 Å². The molecular formula is C18H26N2O4. The predicted octanol–water partition coefficient (Wildman–Crippen LogP) is 1.72. The molecule has 1 aromatic rings. The molecule has 2 N–H and O–H groups in total. The van der Waals surface area contributed by atoms with Crippen LogP contribution in [0.1, 0.15) is 32.8 Å². The fourth-order valence-corrected chi connectivity index (χ4v) is 2.66. The molecule has 0 aromatic heterocycles. The average molecular weight is 334 g/mol. The third kappa shape index (κ3) is 5.53. The number of hydrogen-bond acceptors (Lipinski definition) is 4. The lowest BCUT2D eigenvalue weighted by atomic mass is 10.0. The highest BCUT2D eigenvalue weighted by Crippen LogP contribution is 2.14. The van der Waals surface area contributed by atoms with Gasteiger partial charge in [-0.05, 0) is 32.8 Å². The number of nitrogens with one attached hydrogen (secondary N) is 1. The van der Waals surface area contributed by atoms with Crippen molar-refractivity contribution in [1.29, 1.82) is 0 Å². The van der Waals surface area contributed by atoms with E-state index in [2.05, 4.69) is 5.32 Å². The molecule has 0 saturated carbocycles. The summed E-state index contributed by atoms with van der Waals surface area (Å²) in [5.41, 5.74) is 0.320. The summed E-state index contributed by atoms with van der Waals surface area (Å²) in [4.78, 5) is 26.4. The zero-order valence-corrected chi connectivity index (χ0v) is 14.5. The van der Waals surface area contributed by atoms with Gasteiger partial charge in [0.05, 0.1) is 6.10 Å². The van der Waals surface area contributed by atoms with Crippen molar-refractivity contribution < 1.29 is 19.4 Å². The van der Waals surface area contributed by atoms with E-state index >= 15 is 0 Å². The number of amides is 2. The number of carbonyl (C=O) groups is 2. The van der Waals surface area contributed by atoms with Crippen molar-refractivity contribution in [3.8, 4) is 0 Å². The van der Waals surface area contributed by atoms with Crippen molar-refractivity contribution in [3.05, 3.63) is 35.9 Å². The van der Waals surface area contributed by atoms with Crippen molar-refractivity contribution in [1.82, 2.24) is 10.2 Å². The molecule has 1 heterocycles. The van der Waals surface area contributed by atoms with Gasteiger partial charge in [-0.25, -0.2) is 4.79 Å². The van der Waals surface area contributed by atoms with E-state index in [4.69, 9.17) is 4.74 Å². The first kappa shape index (κ1) is 18.3. The third-order valence-electron chi connectivity index (χ3n) is 3.75. The van der Waals surface area contributed by atoms with Gasteiger partial charge in [-0.1, -0.05) is 30.3 Å². The first-order valence-electron chi connectivity index (χ1n) is 8.25. The highest BCUT2D eigenvalue weighted by Gasteiger charge is 2.32. The predicted molar refractivity (Wildman–Crippen MR) is 90.5 cm³/mol. The molecular weight excluding hydrogens is 308 g/mol. The fourth-order valence-electron chi connectivity index (χ4n) is 2.66. The molecule has 132 valence electrons. The van der Waals surface area contributed by atoms with E-state index in [1.54, 1.807) is 25.7 Å². The van der Waals surface area contributed by atoms with Gasteiger partial charge in [-0.15, -0.1) is 0 Å². The van der Waals surface area contributed by atoms with E-state index < -0.39 is 23.8 Å². The topological polar surface area (TPSA) is 78.9 Å². The first-order valence-corrected chi connectivity index (χ1v) is 8.25. The van der Waals surface area contributed by atoms with Crippen LogP contribution in [0.2, 0.25) is 0 Å². The smallest absolute Gasteiger partial charge is 0.408 e. The zero-order valence-electron chi connectivity index (χ0n) is 14.5. The molecule has 24 heavy (non-hydrogen) atoms. The monoisotopic (exact) mass is 334 g/mol. The van der Waals surface area contributed by atoms with Gasteiger partial charge < -0.3 is 20.1 Å². The summed E-state index contributed by atoms with van der Waals surface area (Å²) >= 11 is 0. The Morgan fingerprint density at radius 1 is 1.33 bits per heavy atom. The second-order valence-corrected chi connectivity index (χ2v) is 7.12. The highest BCUT2D eigenvalue weighted by atomic mass is 16.6. The van der Waals surface area contributed by atoms with E-state index in [-0.39, 0.29) is 5.91 Å². The van der Waals surface area contributed by atoms with Gasteiger partial charge in [0.2, 0.25) is 5.91 Å². The molecule has 0 bridgehead atoms. The minimum atomic E-state index is -0.715. The van der Waals surface area contributed by atoms with Crippen LogP contribution < -0.4 is 5.32 Å². The Morgan fingerprint density at radius 3 is 2.54 bits per heavy atom. The van der Waals surface area contributed by atoms with Crippen molar-refractivity contribution in [2.75, 3.05) is 13.1 Å². The summed E-state index contributed by atoms with van der Waals surface area (Å²) in [7, 11) is 0. The van der Waals surface area contributed by atoms with Gasteiger partial charge in [0.25, 0.3) is 0 Å². The highest BCUT2D eigenvalue weighted by molar-refractivity contribution is 5.86. The van der Waals surface area contributed by atoms with Crippen molar-refractivity contribution in [3.63, 3.8) is 0 Å². The number of nitrogens with zero attached hydrogens (tertiary/aromatic N) is 1.